The van der Waals surface area contributed by atoms with Gasteiger partial charge in [-0.1, -0.05) is 12.8 Å². The van der Waals surface area contributed by atoms with E-state index in [9.17, 15) is 4.79 Å². The molecular formula is C16H33N3O2. The molecule has 0 bridgehead atoms. The van der Waals surface area contributed by atoms with Crippen LogP contribution in [0.1, 0.15) is 59.8 Å². The quantitative estimate of drug-likeness (QED) is 0.811. The molecule has 124 valence electrons. The standard InChI is InChI=1S/C16H33N3O2/c1-13(17-18(5)6)12-14-10-8-7-9-11-19(14)15(20)21-16(2,3)4/h13-14,17H,7-12H2,1-6H3. The van der Waals surface area contributed by atoms with Crippen molar-refractivity contribution in [2.45, 2.75) is 77.5 Å². The zero-order valence-electron chi connectivity index (χ0n) is 14.6. The van der Waals surface area contributed by atoms with Crippen molar-refractivity contribution < 1.29 is 9.53 Å². The maximum Gasteiger partial charge on any atom is 0.410 e. The van der Waals surface area contributed by atoms with Crippen LogP contribution >= 0.6 is 0 Å². The third-order valence-electron chi connectivity index (χ3n) is 3.61. The van der Waals surface area contributed by atoms with Gasteiger partial charge in [0.05, 0.1) is 0 Å². The first kappa shape index (κ1) is 18.2. The van der Waals surface area contributed by atoms with Crippen LogP contribution in [-0.4, -0.2) is 54.3 Å². The Morgan fingerprint density at radius 3 is 2.57 bits per heavy atom. The third-order valence-corrected chi connectivity index (χ3v) is 3.61. The van der Waals surface area contributed by atoms with E-state index >= 15 is 0 Å². The van der Waals surface area contributed by atoms with Crippen molar-refractivity contribution in [2.75, 3.05) is 20.6 Å². The van der Waals surface area contributed by atoms with Gasteiger partial charge in [0, 0.05) is 32.7 Å². The summed E-state index contributed by atoms with van der Waals surface area (Å²) in [5.41, 5.74) is 2.94. The van der Waals surface area contributed by atoms with E-state index in [1.807, 2.05) is 44.8 Å². The first-order valence-electron chi connectivity index (χ1n) is 8.12. The summed E-state index contributed by atoms with van der Waals surface area (Å²) in [4.78, 5) is 14.4. The number of nitrogens with one attached hydrogen (secondary N) is 1. The molecule has 1 amide bonds. The van der Waals surface area contributed by atoms with Crippen molar-refractivity contribution in [3.05, 3.63) is 0 Å². The van der Waals surface area contributed by atoms with E-state index in [1.54, 1.807) is 0 Å². The van der Waals surface area contributed by atoms with E-state index in [0.29, 0.717) is 6.04 Å². The second kappa shape index (κ2) is 7.99. The first-order chi connectivity index (χ1) is 9.69. The summed E-state index contributed by atoms with van der Waals surface area (Å²) in [6.07, 6.45) is 5.33. The summed E-state index contributed by atoms with van der Waals surface area (Å²) in [5.74, 6) is 0. The van der Waals surface area contributed by atoms with E-state index in [4.69, 9.17) is 4.74 Å². The molecule has 1 rings (SSSR count). The van der Waals surface area contributed by atoms with E-state index < -0.39 is 5.60 Å². The van der Waals surface area contributed by atoms with Crippen LogP contribution in [0.25, 0.3) is 0 Å². The average Bonchev–Trinajstić information content (AvgIpc) is 2.50. The van der Waals surface area contributed by atoms with Crippen molar-refractivity contribution >= 4 is 6.09 Å². The molecule has 2 unspecified atom stereocenters. The molecule has 1 saturated heterocycles. The van der Waals surface area contributed by atoms with Crippen LogP contribution in [0.3, 0.4) is 0 Å². The second-order valence-corrected chi connectivity index (χ2v) is 7.34. The minimum Gasteiger partial charge on any atom is -0.444 e. The van der Waals surface area contributed by atoms with Gasteiger partial charge in [-0.3, -0.25) is 10.4 Å². The number of likely N-dealkylation sites (tertiary alicyclic amines) is 1. The van der Waals surface area contributed by atoms with Crippen LogP contribution in [0.15, 0.2) is 0 Å². The second-order valence-electron chi connectivity index (χ2n) is 7.34. The smallest absolute Gasteiger partial charge is 0.410 e. The molecule has 2 atom stereocenters. The Kier molecular flexibility index (Phi) is 6.94. The van der Waals surface area contributed by atoms with Gasteiger partial charge in [-0.2, -0.15) is 0 Å². The van der Waals surface area contributed by atoms with Crippen molar-refractivity contribution in [2.24, 2.45) is 0 Å². The molecule has 0 saturated carbocycles. The Hall–Kier alpha value is -0.810. The number of nitrogens with zero attached hydrogens (tertiary/aromatic N) is 2. The predicted molar refractivity (Wildman–Crippen MR) is 86.1 cm³/mol. The van der Waals surface area contributed by atoms with Gasteiger partial charge in [0.2, 0.25) is 0 Å². The Morgan fingerprint density at radius 2 is 2.00 bits per heavy atom. The monoisotopic (exact) mass is 299 g/mol. The number of carbonyl (C=O) groups excluding carboxylic acids is 1. The Bertz CT molecular complexity index is 326. The highest BCUT2D eigenvalue weighted by atomic mass is 16.6. The minimum absolute atomic E-state index is 0.161. The fourth-order valence-corrected chi connectivity index (χ4v) is 2.88. The molecule has 0 spiro atoms. The molecule has 5 nitrogen and oxygen atoms in total. The molecule has 1 aliphatic heterocycles. The van der Waals surface area contributed by atoms with Gasteiger partial charge >= 0.3 is 6.09 Å². The van der Waals surface area contributed by atoms with Gasteiger partial charge < -0.3 is 9.64 Å². The highest BCUT2D eigenvalue weighted by molar-refractivity contribution is 5.68. The lowest BCUT2D eigenvalue weighted by Gasteiger charge is -2.34. The lowest BCUT2D eigenvalue weighted by Crippen LogP contribution is -2.47. The molecule has 1 fully saturated rings. The van der Waals surface area contributed by atoms with Crippen LogP contribution < -0.4 is 5.43 Å². The Morgan fingerprint density at radius 1 is 1.33 bits per heavy atom. The van der Waals surface area contributed by atoms with E-state index in [2.05, 4.69) is 12.3 Å². The molecule has 0 radical (unpaired) electrons. The van der Waals surface area contributed by atoms with Crippen molar-refractivity contribution in [3.63, 3.8) is 0 Å². The molecule has 0 aromatic carbocycles. The highest BCUT2D eigenvalue weighted by Crippen LogP contribution is 2.23. The molecule has 1 N–H and O–H groups in total. The van der Waals surface area contributed by atoms with Crippen LogP contribution in [0.2, 0.25) is 0 Å². The van der Waals surface area contributed by atoms with Crippen molar-refractivity contribution in [3.8, 4) is 0 Å². The summed E-state index contributed by atoms with van der Waals surface area (Å²) >= 11 is 0. The number of hydrazine groups is 1. The third kappa shape index (κ3) is 7.14. The number of carbonyl (C=O) groups is 1. The lowest BCUT2D eigenvalue weighted by atomic mass is 10.0. The number of hydrogen-bond acceptors (Lipinski definition) is 4. The van der Waals surface area contributed by atoms with Crippen LogP contribution in [-0.2, 0) is 4.74 Å². The van der Waals surface area contributed by atoms with Crippen LogP contribution in [0.5, 0.6) is 0 Å². The van der Waals surface area contributed by atoms with E-state index in [-0.39, 0.29) is 12.1 Å². The number of ether oxygens (including phenoxy) is 1. The molecule has 0 aliphatic carbocycles. The van der Waals surface area contributed by atoms with Crippen LogP contribution in [0.4, 0.5) is 4.79 Å². The maximum atomic E-state index is 12.5. The molecule has 5 heteroatoms. The maximum absolute atomic E-state index is 12.5. The van der Waals surface area contributed by atoms with Crippen molar-refractivity contribution in [1.82, 2.24) is 15.3 Å². The zero-order valence-corrected chi connectivity index (χ0v) is 14.6. The van der Waals surface area contributed by atoms with Gasteiger partial charge in [-0.25, -0.2) is 4.79 Å². The SMILES string of the molecule is CC(CC1CCCCCN1C(=O)OC(C)(C)C)NN(C)C. The number of hydrogen-bond donors (Lipinski definition) is 1. The van der Waals surface area contributed by atoms with Gasteiger partial charge in [-0.15, -0.1) is 0 Å². The Labute approximate surface area is 130 Å². The summed E-state index contributed by atoms with van der Waals surface area (Å²) < 4.78 is 5.58. The van der Waals surface area contributed by atoms with E-state index in [0.717, 1.165) is 25.8 Å². The van der Waals surface area contributed by atoms with E-state index in [1.165, 1.54) is 12.8 Å². The number of rotatable bonds is 4. The predicted octanol–water partition coefficient (Wildman–Crippen LogP) is 3.01. The topological polar surface area (TPSA) is 44.8 Å². The van der Waals surface area contributed by atoms with Gasteiger partial charge in [0.25, 0.3) is 0 Å². The lowest BCUT2D eigenvalue weighted by molar-refractivity contribution is 0.0143. The molecule has 1 heterocycles. The van der Waals surface area contributed by atoms with Gasteiger partial charge in [0.1, 0.15) is 5.60 Å². The molecule has 0 aromatic rings. The Balaban J connectivity index is 2.68. The highest BCUT2D eigenvalue weighted by Gasteiger charge is 2.30. The molecule has 21 heavy (non-hydrogen) atoms. The normalized spacial score (nSPS) is 22.0. The fourth-order valence-electron chi connectivity index (χ4n) is 2.88. The summed E-state index contributed by atoms with van der Waals surface area (Å²) in [5, 5.41) is 1.97. The van der Waals surface area contributed by atoms with Crippen molar-refractivity contribution in [1.29, 1.82) is 0 Å². The first-order valence-corrected chi connectivity index (χ1v) is 8.12. The summed E-state index contributed by atoms with van der Waals surface area (Å²) in [6.45, 7) is 8.75. The molecule has 0 aromatic heterocycles. The number of amides is 1. The van der Waals surface area contributed by atoms with Gasteiger partial charge in [-0.05, 0) is 47.0 Å². The molecular weight excluding hydrogens is 266 g/mol. The zero-order chi connectivity index (χ0) is 16.0. The summed E-state index contributed by atoms with van der Waals surface area (Å²) in [6, 6.07) is 0.609. The summed E-state index contributed by atoms with van der Waals surface area (Å²) in [7, 11) is 3.99. The minimum atomic E-state index is -0.429. The van der Waals surface area contributed by atoms with Crippen LogP contribution in [0, 0.1) is 0 Å². The van der Waals surface area contributed by atoms with Gasteiger partial charge in [0.15, 0.2) is 0 Å². The fraction of sp³-hybridized carbons (Fsp3) is 0.938. The molecule has 1 aliphatic rings. The average molecular weight is 299 g/mol. The largest absolute Gasteiger partial charge is 0.444 e.